The Kier molecular flexibility index (Phi) is 4.90. The molecule has 11 heteroatoms. The molecule has 1 aliphatic heterocycles. The van der Waals surface area contributed by atoms with Crippen molar-refractivity contribution in [3.8, 4) is 22.6 Å². The van der Waals surface area contributed by atoms with Crippen molar-refractivity contribution in [1.29, 1.82) is 0 Å². The quantitative estimate of drug-likeness (QED) is 0.467. The molecule has 1 unspecified atom stereocenters. The van der Waals surface area contributed by atoms with Gasteiger partial charge in [0.1, 0.15) is 34.7 Å². The zero-order valence-corrected chi connectivity index (χ0v) is 19.0. The van der Waals surface area contributed by atoms with Crippen LogP contribution in [0.4, 0.5) is 14.5 Å². The van der Waals surface area contributed by atoms with Crippen molar-refractivity contribution in [3.05, 3.63) is 48.3 Å². The van der Waals surface area contributed by atoms with Crippen LogP contribution in [0.3, 0.4) is 0 Å². The number of anilines is 1. The Hall–Kier alpha value is -3.86. The molecule has 0 saturated heterocycles. The number of rotatable bonds is 5. The number of benzene rings is 1. The van der Waals surface area contributed by atoms with Gasteiger partial charge in [0, 0.05) is 43.2 Å². The number of amides is 1. The van der Waals surface area contributed by atoms with Crippen molar-refractivity contribution in [2.24, 2.45) is 7.05 Å². The van der Waals surface area contributed by atoms with Gasteiger partial charge in [0.2, 0.25) is 5.91 Å². The summed E-state index contributed by atoms with van der Waals surface area (Å²) in [6.45, 7) is 3.57. The van der Waals surface area contributed by atoms with Crippen molar-refractivity contribution < 1.29 is 13.6 Å². The SMILES string of the molecule is Cc1ncc(-c2nc3c(-c4ccc5c(c4)C(C)(NCC(C)(F)F)C(=O)N5)ncnc3n2C)cn1. The summed E-state index contributed by atoms with van der Waals surface area (Å²) < 4.78 is 28.9. The molecule has 9 nitrogen and oxygen atoms in total. The molecule has 2 N–H and O–H groups in total. The third-order valence-electron chi connectivity index (χ3n) is 5.98. The number of imidazole rings is 1. The highest BCUT2D eigenvalue weighted by molar-refractivity contribution is 6.06. The van der Waals surface area contributed by atoms with Gasteiger partial charge in [-0.25, -0.2) is 33.7 Å². The summed E-state index contributed by atoms with van der Waals surface area (Å²) in [5, 5.41) is 5.50. The maximum absolute atomic E-state index is 13.5. The Morgan fingerprint density at radius 1 is 1.15 bits per heavy atom. The Morgan fingerprint density at radius 2 is 1.88 bits per heavy atom. The van der Waals surface area contributed by atoms with Gasteiger partial charge in [-0.15, -0.1) is 0 Å². The monoisotopic (exact) mass is 464 g/mol. The molecule has 0 saturated carbocycles. The Morgan fingerprint density at radius 3 is 2.59 bits per heavy atom. The highest BCUT2D eigenvalue weighted by Gasteiger charge is 2.44. The van der Waals surface area contributed by atoms with E-state index in [9.17, 15) is 13.6 Å². The van der Waals surface area contributed by atoms with Crippen LogP contribution in [0, 0.1) is 6.92 Å². The molecule has 0 bridgehead atoms. The molecule has 174 valence electrons. The Bertz CT molecular complexity index is 1430. The van der Waals surface area contributed by atoms with Crippen LogP contribution in [0.25, 0.3) is 33.8 Å². The van der Waals surface area contributed by atoms with E-state index >= 15 is 0 Å². The van der Waals surface area contributed by atoms with Gasteiger partial charge < -0.3 is 9.88 Å². The summed E-state index contributed by atoms with van der Waals surface area (Å²) in [7, 11) is 1.85. The molecule has 0 fully saturated rings. The van der Waals surface area contributed by atoms with Crippen LogP contribution >= 0.6 is 0 Å². The van der Waals surface area contributed by atoms with Gasteiger partial charge in [-0.1, -0.05) is 6.07 Å². The molecule has 5 rings (SSSR count). The summed E-state index contributed by atoms with van der Waals surface area (Å²) in [6.07, 6.45) is 4.84. The number of carbonyl (C=O) groups excluding carboxylic acids is 1. The fraction of sp³-hybridized carbons (Fsp3) is 0.304. The fourth-order valence-corrected chi connectivity index (χ4v) is 4.07. The van der Waals surface area contributed by atoms with E-state index in [2.05, 4.69) is 30.6 Å². The van der Waals surface area contributed by atoms with Crippen molar-refractivity contribution in [2.45, 2.75) is 32.2 Å². The van der Waals surface area contributed by atoms with Gasteiger partial charge in [0.15, 0.2) is 5.65 Å². The third kappa shape index (κ3) is 3.58. The highest BCUT2D eigenvalue weighted by atomic mass is 19.3. The highest BCUT2D eigenvalue weighted by Crippen LogP contribution is 2.39. The zero-order valence-electron chi connectivity index (χ0n) is 19.0. The van der Waals surface area contributed by atoms with Gasteiger partial charge in [-0.2, -0.15) is 0 Å². The van der Waals surface area contributed by atoms with Crippen LogP contribution in [0.15, 0.2) is 36.9 Å². The summed E-state index contributed by atoms with van der Waals surface area (Å²) in [6, 6.07) is 5.33. The van der Waals surface area contributed by atoms with Crippen molar-refractivity contribution in [3.63, 3.8) is 0 Å². The molecule has 3 aromatic heterocycles. The predicted molar refractivity (Wildman–Crippen MR) is 122 cm³/mol. The first-order valence-electron chi connectivity index (χ1n) is 10.6. The first-order valence-corrected chi connectivity index (χ1v) is 10.6. The minimum absolute atomic E-state index is 0.392. The van der Waals surface area contributed by atoms with E-state index in [0.717, 1.165) is 12.5 Å². The molecule has 0 radical (unpaired) electrons. The van der Waals surface area contributed by atoms with Gasteiger partial charge in [-0.05, 0) is 26.0 Å². The molecule has 4 heterocycles. The maximum atomic E-state index is 13.5. The lowest BCUT2D eigenvalue weighted by Crippen LogP contribution is -2.49. The number of aromatic nitrogens is 6. The topological polar surface area (TPSA) is 111 Å². The van der Waals surface area contributed by atoms with Crippen LogP contribution in [-0.4, -0.2) is 47.9 Å². The van der Waals surface area contributed by atoms with E-state index in [1.54, 1.807) is 38.4 Å². The van der Waals surface area contributed by atoms with Crippen molar-refractivity contribution >= 4 is 22.8 Å². The van der Waals surface area contributed by atoms with E-state index in [0.29, 0.717) is 45.3 Å². The van der Waals surface area contributed by atoms with Crippen LogP contribution in [-0.2, 0) is 17.4 Å². The average molecular weight is 464 g/mol. The number of nitrogens with one attached hydrogen (secondary N) is 2. The Balaban J connectivity index is 1.61. The fourth-order valence-electron chi connectivity index (χ4n) is 4.07. The lowest BCUT2D eigenvalue weighted by Gasteiger charge is -2.26. The molecule has 1 atom stereocenters. The van der Waals surface area contributed by atoms with Crippen LogP contribution in [0.2, 0.25) is 0 Å². The molecule has 0 spiro atoms. The first kappa shape index (κ1) is 22.0. The second-order valence-corrected chi connectivity index (χ2v) is 8.67. The maximum Gasteiger partial charge on any atom is 0.257 e. The smallest absolute Gasteiger partial charge is 0.257 e. The summed E-state index contributed by atoms with van der Waals surface area (Å²) >= 11 is 0. The van der Waals surface area contributed by atoms with Crippen molar-refractivity contribution in [2.75, 3.05) is 11.9 Å². The normalized spacial score (nSPS) is 17.8. The van der Waals surface area contributed by atoms with E-state index in [1.165, 1.54) is 6.33 Å². The minimum atomic E-state index is -2.97. The van der Waals surface area contributed by atoms with Gasteiger partial charge in [0.25, 0.3) is 5.92 Å². The number of halogens is 2. The molecular formula is C23H22F2N8O. The molecule has 0 aliphatic carbocycles. The number of fused-ring (bicyclic) bond motifs is 2. The average Bonchev–Trinajstić information content (AvgIpc) is 3.26. The van der Waals surface area contributed by atoms with E-state index < -0.39 is 23.9 Å². The number of carbonyl (C=O) groups is 1. The molecular weight excluding hydrogens is 442 g/mol. The second-order valence-electron chi connectivity index (χ2n) is 8.67. The molecule has 1 aliphatic rings. The second kappa shape index (κ2) is 7.59. The molecule has 1 amide bonds. The minimum Gasteiger partial charge on any atom is -0.324 e. The van der Waals surface area contributed by atoms with Crippen LogP contribution in [0.1, 0.15) is 25.2 Å². The van der Waals surface area contributed by atoms with Gasteiger partial charge in [0.05, 0.1) is 12.1 Å². The number of hydrogen-bond donors (Lipinski definition) is 2. The van der Waals surface area contributed by atoms with Crippen molar-refractivity contribution in [1.82, 2.24) is 34.8 Å². The zero-order chi connectivity index (χ0) is 24.3. The van der Waals surface area contributed by atoms with E-state index in [1.807, 2.05) is 17.7 Å². The standard InChI is InChI=1S/C23H22F2N8O/c1-12-26-8-14(9-27-12)19-32-18-17(28-11-29-20(18)33(19)4)13-5-6-16-15(7-13)23(3,21(34)31-16)30-10-22(2,24)25/h5-9,11,30H,10H2,1-4H3,(H,31,34). The van der Waals surface area contributed by atoms with Crippen LogP contribution < -0.4 is 10.6 Å². The Labute approximate surface area is 193 Å². The van der Waals surface area contributed by atoms with Gasteiger partial charge in [-0.3, -0.25) is 10.1 Å². The number of alkyl halides is 2. The predicted octanol–water partition coefficient (Wildman–Crippen LogP) is 3.21. The summed E-state index contributed by atoms with van der Waals surface area (Å²) in [4.78, 5) is 34.8. The third-order valence-corrected chi connectivity index (χ3v) is 5.98. The first-order chi connectivity index (χ1) is 16.1. The number of hydrogen-bond acceptors (Lipinski definition) is 7. The molecule has 1 aromatic carbocycles. The summed E-state index contributed by atoms with van der Waals surface area (Å²) in [5.41, 5.74) is 2.97. The summed E-state index contributed by atoms with van der Waals surface area (Å²) in [5.74, 6) is -2.07. The van der Waals surface area contributed by atoms with E-state index in [4.69, 9.17) is 4.98 Å². The lowest BCUT2D eigenvalue weighted by atomic mass is 9.91. The lowest BCUT2D eigenvalue weighted by molar-refractivity contribution is -0.122. The van der Waals surface area contributed by atoms with E-state index in [-0.39, 0.29) is 0 Å². The van der Waals surface area contributed by atoms with Crippen LogP contribution in [0.5, 0.6) is 0 Å². The number of aryl methyl sites for hydroxylation is 2. The number of nitrogens with zero attached hydrogens (tertiary/aromatic N) is 6. The largest absolute Gasteiger partial charge is 0.324 e. The molecule has 4 aromatic rings. The van der Waals surface area contributed by atoms with Gasteiger partial charge >= 0.3 is 0 Å². The molecule has 34 heavy (non-hydrogen) atoms.